The normalized spacial score (nSPS) is 25.3. The van der Waals surface area contributed by atoms with Crippen LogP contribution in [0, 0.1) is 0 Å². The lowest BCUT2D eigenvalue weighted by Gasteiger charge is -2.48. The van der Waals surface area contributed by atoms with Crippen LogP contribution in [0.15, 0.2) is 84.9 Å². The number of hydrogen-bond acceptors (Lipinski definition) is 6. The van der Waals surface area contributed by atoms with Gasteiger partial charge in [-0.2, -0.15) is 0 Å². The van der Waals surface area contributed by atoms with Gasteiger partial charge in [-0.3, -0.25) is 4.79 Å². The van der Waals surface area contributed by atoms with Gasteiger partial charge in [0.25, 0.3) is 0 Å². The van der Waals surface area contributed by atoms with E-state index in [1.54, 1.807) is 0 Å². The third-order valence-electron chi connectivity index (χ3n) is 6.45. The van der Waals surface area contributed by atoms with Crippen molar-refractivity contribution in [1.82, 2.24) is 0 Å². The van der Waals surface area contributed by atoms with Crippen LogP contribution >= 0.6 is 0 Å². The Hall–Kier alpha value is -3.03. The number of rotatable bonds is 8. The summed E-state index contributed by atoms with van der Waals surface area (Å²) in [5.74, 6) is -0.361. The largest absolute Gasteiger partial charge is 0.463 e. The molecule has 35 heavy (non-hydrogen) atoms. The molecular formula is C29H30O6. The molecule has 1 saturated heterocycles. The van der Waals surface area contributed by atoms with Crippen molar-refractivity contribution in [1.29, 1.82) is 0 Å². The van der Waals surface area contributed by atoms with Crippen LogP contribution in [-0.4, -0.2) is 37.0 Å². The number of fused-ring (bicyclic) bond motifs is 3. The monoisotopic (exact) mass is 474 g/mol. The summed E-state index contributed by atoms with van der Waals surface area (Å²) in [7, 11) is 0. The molecule has 0 amide bonds. The molecule has 5 rings (SSSR count). The van der Waals surface area contributed by atoms with Gasteiger partial charge in [-0.15, -0.1) is 0 Å². The Labute approximate surface area is 205 Å². The second kappa shape index (κ2) is 11.1. The van der Waals surface area contributed by atoms with Crippen molar-refractivity contribution in [2.24, 2.45) is 0 Å². The molecule has 3 aromatic rings. The van der Waals surface area contributed by atoms with E-state index in [-0.39, 0.29) is 24.8 Å². The molecule has 0 N–H and O–H groups in total. The molecular weight excluding hydrogens is 444 g/mol. The molecule has 2 aliphatic heterocycles. The summed E-state index contributed by atoms with van der Waals surface area (Å²) < 4.78 is 31.2. The Kier molecular flexibility index (Phi) is 7.54. The van der Waals surface area contributed by atoms with Gasteiger partial charge in [0.1, 0.15) is 37.1 Å². The third-order valence-corrected chi connectivity index (χ3v) is 6.45. The standard InChI is InChI=1S/C29H30O6/c1-20(30)31-19-25-27(32-16-21-10-4-2-5-11-21)29(33-17-22-12-6-3-7-13-22)28-26(35-25)24-15-9-8-14-23(24)18-34-28/h2-15,25-29H,16-19H2,1H3/t25-,26-,27-,28+,29+/m1/s1. The van der Waals surface area contributed by atoms with Gasteiger partial charge in [-0.1, -0.05) is 84.9 Å². The average Bonchev–Trinajstić information content (AvgIpc) is 2.90. The van der Waals surface area contributed by atoms with Crippen LogP contribution in [0.5, 0.6) is 0 Å². The lowest BCUT2D eigenvalue weighted by molar-refractivity contribution is -0.278. The van der Waals surface area contributed by atoms with Gasteiger partial charge in [-0.25, -0.2) is 0 Å². The predicted molar refractivity (Wildman–Crippen MR) is 129 cm³/mol. The van der Waals surface area contributed by atoms with E-state index >= 15 is 0 Å². The van der Waals surface area contributed by atoms with Crippen molar-refractivity contribution in [3.63, 3.8) is 0 Å². The van der Waals surface area contributed by atoms with E-state index in [1.165, 1.54) is 6.92 Å². The first kappa shape index (κ1) is 23.7. The zero-order valence-corrected chi connectivity index (χ0v) is 19.7. The summed E-state index contributed by atoms with van der Waals surface area (Å²) in [4.78, 5) is 11.7. The van der Waals surface area contributed by atoms with Crippen LogP contribution in [0.3, 0.4) is 0 Å². The minimum atomic E-state index is -0.514. The highest BCUT2D eigenvalue weighted by atomic mass is 16.6. The lowest BCUT2D eigenvalue weighted by atomic mass is 9.87. The Morgan fingerprint density at radius 1 is 0.829 bits per heavy atom. The van der Waals surface area contributed by atoms with Crippen molar-refractivity contribution in [2.75, 3.05) is 6.61 Å². The predicted octanol–water partition coefficient (Wildman–Crippen LogP) is 4.76. The Morgan fingerprint density at radius 2 is 1.43 bits per heavy atom. The fraction of sp³-hybridized carbons (Fsp3) is 0.345. The Morgan fingerprint density at radius 3 is 2.09 bits per heavy atom. The molecule has 2 heterocycles. The first-order chi connectivity index (χ1) is 17.2. The van der Waals surface area contributed by atoms with Gasteiger partial charge in [0.15, 0.2) is 0 Å². The molecule has 0 radical (unpaired) electrons. The molecule has 0 spiro atoms. The summed E-state index contributed by atoms with van der Waals surface area (Å²) in [6.45, 7) is 2.74. The second-order valence-electron chi connectivity index (χ2n) is 8.89. The molecule has 0 unspecified atom stereocenters. The van der Waals surface area contributed by atoms with E-state index in [0.29, 0.717) is 19.8 Å². The molecule has 1 fully saturated rings. The summed E-state index contributed by atoms with van der Waals surface area (Å²) in [6.07, 6.45) is -2.14. The van der Waals surface area contributed by atoms with Gasteiger partial charge in [0.05, 0.1) is 19.8 Å². The highest BCUT2D eigenvalue weighted by Crippen LogP contribution is 2.42. The Balaban J connectivity index is 1.45. The van der Waals surface area contributed by atoms with E-state index in [4.69, 9.17) is 23.7 Å². The van der Waals surface area contributed by atoms with Gasteiger partial charge in [0.2, 0.25) is 0 Å². The molecule has 0 saturated carbocycles. The van der Waals surface area contributed by atoms with Crippen LogP contribution in [0.25, 0.3) is 0 Å². The zero-order valence-electron chi connectivity index (χ0n) is 19.7. The SMILES string of the molecule is CC(=O)OC[C@H]1O[C@@H]2c3ccccc3CO[C@@H]2[C@@H](OCc2ccccc2)[C@@H]1OCc1ccccc1. The highest BCUT2D eigenvalue weighted by Gasteiger charge is 2.50. The smallest absolute Gasteiger partial charge is 0.302 e. The van der Waals surface area contributed by atoms with Crippen molar-refractivity contribution >= 4 is 5.97 Å². The van der Waals surface area contributed by atoms with Gasteiger partial charge in [-0.05, 0) is 22.3 Å². The van der Waals surface area contributed by atoms with E-state index in [1.807, 2.05) is 78.9 Å². The molecule has 0 aromatic heterocycles. The van der Waals surface area contributed by atoms with E-state index < -0.39 is 18.3 Å². The maximum absolute atomic E-state index is 11.7. The first-order valence-electron chi connectivity index (χ1n) is 12.0. The molecule has 0 bridgehead atoms. The molecule has 5 atom stereocenters. The van der Waals surface area contributed by atoms with E-state index in [2.05, 4.69) is 6.07 Å². The number of carbonyl (C=O) groups excluding carboxylic acids is 1. The number of ether oxygens (including phenoxy) is 5. The van der Waals surface area contributed by atoms with Crippen molar-refractivity contribution in [3.05, 3.63) is 107 Å². The number of carbonyl (C=O) groups is 1. The van der Waals surface area contributed by atoms with Crippen LogP contribution in [0.1, 0.15) is 35.3 Å². The van der Waals surface area contributed by atoms with Gasteiger partial charge in [0, 0.05) is 6.92 Å². The molecule has 182 valence electrons. The minimum absolute atomic E-state index is 0.0748. The van der Waals surface area contributed by atoms with E-state index in [9.17, 15) is 4.79 Å². The third kappa shape index (κ3) is 5.63. The average molecular weight is 475 g/mol. The minimum Gasteiger partial charge on any atom is -0.463 e. The molecule has 0 aliphatic carbocycles. The van der Waals surface area contributed by atoms with Crippen molar-refractivity contribution in [3.8, 4) is 0 Å². The van der Waals surface area contributed by atoms with Crippen LogP contribution < -0.4 is 0 Å². The fourth-order valence-electron chi connectivity index (χ4n) is 4.73. The maximum Gasteiger partial charge on any atom is 0.302 e. The van der Waals surface area contributed by atoms with Gasteiger partial charge >= 0.3 is 5.97 Å². The topological polar surface area (TPSA) is 63.2 Å². The number of benzene rings is 3. The highest BCUT2D eigenvalue weighted by molar-refractivity contribution is 5.65. The van der Waals surface area contributed by atoms with Crippen LogP contribution in [0.2, 0.25) is 0 Å². The van der Waals surface area contributed by atoms with Crippen LogP contribution in [0.4, 0.5) is 0 Å². The molecule has 6 heteroatoms. The fourth-order valence-corrected chi connectivity index (χ4v) is 4.73. The maximum atomic E-state index is 11.7. The summed E-state index contributed by atoms with van der Waals surface area (Å²) in [6, 6.07) is 28.1. The molecule has 6 nitrogen and oxygen atoms in total. The van der Waals surface area contributed by atoms with Crippen molar-refractivity contribution < 1.29 is 28.5 Å². The number of hydrogen-bond donors (Lipinski definition) is 0. The Bertz CT molecular complexity index is 1100. The number of esters is 1. The van der Waals surface area contributed by atoms with Crippen molar-refractivity contribution in [2.45, 2.75) is 57.3 Å². The summed E-state index contributed by atoms with van der Waals surface area (Å²) in [5, 5.41) is 0. The van der Waals surface area contributed by atoms with Crippen LogP contribution in [-0.2, 0) is 48.3 Å². The van der Waals surface area contributed by atoms with Gasteiger partial charge < -0.3 is 23.7 Å². The molecule has 3 aromatic carbocycles. The first-order valence-corrected chi connectivity index (χ1v) is 12.0. The zero-order chi connectivity index (χ0) is 24.0. The quantitative estimate of drug-likeness (QED) is 0.439. The lowest BCUT2D eigenvalue weighted by Crippen LogP contribution is -2.59. The summed E-state index contributed by atoms with van der Waals surface area (Å²) in [5.41, 5.74) is 4.26. The summed E-state index contributed by atoms with van der Waals surface area (Å²) >= 11 is 0. The molecule has 2 aliphatic rings. The van der Waals surface area contributed by atoms with E-state index in [0.717, 1.165) is 22.3 Å². The second-order valence-corrected chi connectivity index (χ2v) is 8.89.